The zero-order chi connectivity index (χ0) is 17.7. The van der Waals surface area contributed by atoms with Crippen molar-refractivity contribution in [2.75, 3.05) is 0 Å². The highest BCUT2D eigenvalue weighted by molar-refractivity contribution is 7.09. The van der Waals surface area contributed by atoms with E-state index in [9.17, 15) is 9.90 Å². The third-order valence-electron chi connectivity index (χ3n) is 6.25. The summed E-state index contributed by atoms with van der Waals surface area (Å²) in [5, 5.41) is 18.0. The quantitative estimate of drug-likeness (QED) is 0.878. The molecule has 6 heteroatoms. The topological polar surface area (TPSA) is 58.4 Å². The highest BCUT2D eigenvalue weighted by Crippen LogP contribution is 2.42. The Kier molecular flexibility index (Phi) is 4.03. The lowest BCUT2D eigenvalue weighted by molar-refractivity contribution is -0.0675. The maximum Gasteiger partial charge on any atom is 0.266 e. The van der Waals surface area contributed by atoms with E-state index in [4.69, 9.17) is 0 Å². The molecule has 2 aromatic heterocycles. The molecule has 0 aromatic carbocycles. The molecule has 5 nitrogen and oxygen atoms in total. The predicted molar refractivity (Wildman–Crippen MR) is 101 cm³/mol. The van der Waals surface area contributed by atoms with Crippen LogP contribution in [-0.4, -0.2) is 37.5 Å². The third-order valence-corrected chi connectivity index (χ3v) is 7.11. The Balaban J connectivity index is 1.33. The number of rotatable bonds is 5. The molecule has 0 amide bonds. The highest BCUT2D eigenvalue weighted by atomic mass is 32.1. The van der Waals surface area contributed by atoms with E-state index in [1.165, 1.54) is 9.56 Å². The number of aliphatic hydroxyl groups is 1. The summed E-state index contributed by atoms with van der Waals surface area (Å²) in [4.78, 5) is 16.2. The normalized spacial score (nSPS) is 31.4. The molecule has 2 aliphatic heterocycles. The molecule has 2 aromatic rings. The number of hydrogen-bond donors (Lipinski definition) is 1. The van der Waals surface area contributed by atoms with Crippen molar-refractivity contribution in [3.63, 3.8) is 0 Å². The second-order valence-corrected chi connectivity index (χ2v) is 9.33. The minimum atomic E-state index is -0.823. The van der Waals surface area contributed by atoms with Crippen molar-refractivity contribution in [1.29, 1.82) is 0 Å². The lowest BCUT2D eigenvalue weighted by Crippen LogP contribution is -2.53. The minimum Gasteiger partial charge on any atom is -0.388 e. The van der Waals surface area contributed by atoms with Gasteiger partial charge in [-0.05, 0) is 56.0 Å². The summed E-state index contributed by atoms with van der Waals surface area (Å²) in [5.74, 6) is 0.514. The maximum absolute atomic E-state index is 12.3. The molecule has 3 aliphatic rings. The van der Waals surface area contributed by atoms with Crippen LogP contribution >= 0.6 is 11.3 Å². The van der Waals surface area contributed by atoms with Gasteiger partial charge in [-0.25, -0.2) is 4.68 Å². The zero-order valence-corrected chi connectivity index (χ0v) is 15.7. The molecular formula is C20H25N3O2S. The molecule has 4 heterocycles. The number of fused-ring (bicyclic) bond motifs is 2. The Morgan fingerprint density at radius 1 is 1.15 bits per heavy atom. The van der Waals surface area contributed by atoms with E-state index in [0.29, 0.717) is 24.5 Å². The van der Waals surface area contributed by atoms with Crippen LogP contribution in [-0.2, 0) is 13.1 Å². The van der Waals surface area contributed by atoms with Gasteiger partial charge in [0.05, 0.1) is 17.8 Å². The molecule has 1 aliphatic carbocycles. The average Bonchev–Trinajstić information content (AvgIpc) is 3.28. The number of piperidine rings is 1. The van der Waals surface area contributed by atoms with Crippen LogP contribution in [0.4, 0.5) is 0 Å². The van der Waals surface area contributed by atoms with Gasteiger partial charge in [-0.3, -0.25) is 9.69 Å². The molecule has 1 saturated carbocycles. The second-order valence-electron chi connectivity index (χ2n) is 8.30. The average molecular weight is 372 g/mol. The number of aromatic nitrogens is 2. The summed E-state index contributed by atoms with van der Waals surface area (Å²) in [5.41, 5.74) is 0.0824. The number of nitrogens with zero attached hydrogens (tertiary/aromatic N) is 3. The first kappa shape index (κ1) is 16.7. The van der Waals surface area contributed by atoms with Crippen LogP contribution in [0.1, 0.15) is 55.0 Å². The molecule has 0 unspecified atom stereocenters. The van der Waals surface area contributed by atoms with Gasteiger partial charge in [0, 0.05) is 35.5 Å². The SMILES string of the molecule is O=c1ccc(C2CC2)nn1CC1(O)C[C@@H]2CC[C@@H](C1)N2Cc1cccs1. The van der Waals surface area contributed by atoms with Crippen LogP contribution < -0.4 is 5.56 Å². The molecule has 0 spiro atoms. The van der Waals surface area contributed by atoms with Gasteiger partial charge in [-0.15, -0.1) is 11.3 Å². The van der Waals surface area contributed by atoms with Gasteiger partial charge >= 0.3 is 0 Å². The molecule has 3 fully saturated rings. The molecule has 0 radical (unpaired) electrons. The molecule has 138 valence electrons. The minimum absolute atomic E-state index is 0.101. The molecule has 26 heavy (non-hydrogen) atoms. The van der Waals surface area contributed by atoms with E-state index in [0.717, 1.165) is 50.8 Å². The van der Waals surface area contributed by atoms with Gasteiger partial charge in [0.15, 0.2) is 0 Å². The van der Waals surface area contributed by atoms with Gasteiger partial charge in [-0.2, -0.15) is 5.10 Å². The van der Waals surface area contributed by atoms with Crippen LogP contribution in [0.5, 0.6) is 0 Å². The lowest BCUT2D eigenvalue weighted by Gasteiger charge is -2.43. The van der Waals surface area contributed by atoms with Crippen LogP contribution in [0.25, 0.3) is 0 Å². The predicted octanol–water partition coefficient (Wildman–Crippen LogP) is 2.74. The third kappa shape index (κ3) is 3.15. The Morgan fingerprint density at radius 2 is 1.92 bits per heavy atom. The van der Waals surface area contributed by atoms with Crippen molar-refractivity contribution in [1.82, 2.24) is 14.7 Å². The van der Waals surface area contributed by atoms with E-state index in [2.05, 4.69) is 27.5 Å². The van der Waals surface area contributed by atoms with E-state index < -0.39 is 5.60 Å². The second kappa shape index (κ2) is 6.29. The molecule has 5 rings (SSSR count). The molecule has 2 atom stereocenters. The van der Waals surface area contributed by atoms with Gasteiger partial charge in [0.25, 0.3) is 5.56 Å². The summed E-state index contributed by atoms with van der Waals surface area (Å²) in [6.07, 6.45) is 6.08. The fourth-order valence-electron chi connectivity index (χ4n) is 4.84. The zero-order valence-electron chi connectivity index (χ0n) is 14.9. The van der Waals surface area contributed by atoms with Crippen molar-refractivity contribution < 1.29 is 5.11 Å². The van der Waals surface area contributed by atoms with Crippen LogP contribution in [0.3, 0.4) is 0 Å². The Hall–Kier alpha value is -1.50. The van der Waals surface area contributed by atoms with Crippen molar-refractivity contribution in [3.05, 3.63) is 50.6 Å². The van der Waals surface area contributed by atoms with E-state index >= 15 is 0 Å². The van der Waals surface area contributed by atoms with Crippen LogP contribution in [0.15, 0.2) is 34.4 Å². The molecular weight excluding hydrogens is 346 g/mol. The lowest BCUT2D eigenvalue weighted by atomic mass is 9.86. The van der Waals surface area contributed by atoms with Crippen LogP contribution in [0, 0.1) is 0 Å². The highest BCUT2D eigenvalue weighted by Gasteiger charge is 2.47. The van der Waals surface area contributed by atoms with Crippen molar-refractivity contribution in [3.8, 4) is 0 Å². The summed E-state index contributed by atoms with van der Waals surface area (Å²) >= 11 is 1.80. The van der Waals surface area contributed by atoms with Gasteiger partial charge in [-0.1, -0.05) is 6.07 Å². The Bertz CT molecular complexity index is 829. The van der Waals surface area contributed by atoms with Gasteiger partial charge in [0.1, 0.15) is 0 Å². The fourth-order valence-corrected chi connectivity index (χ4v) is 5.55. The smallest absolute Gasteiger partial charge is 0.266 e. The summed E-state index contributed by atoms with van der Waals surface area (Å²) < 4.78 is 1.52. The van der Waals surface area contributed by atoms with Crippen molar-refractivity contribution in [2.24, 2.45) is 0 Å². The first-order valence-electron chi connectivity index (χ1n) is 9.68. The first-order valence-corrected chi connectivity index (χ1v) is 10.6. The van der Waals surface area contributed by atoms with Crippen LogP contribution in [0.2, 0.25) is 0 Å². The number of thiophene rings is 1. The first-order chi connectivity index (χ1) is 12.6. The molecule has 2 bridgehead atoms. The maximum atomic E-state index is 12.3. The van der Waals surface area contributed by atoms with E-state index in [-0.39, 0.29) is 5.56 Å². The van der Waals surface area contributed by atoms with Gasteiger partial charge in [0.2, 0.25) is 0 Å². The summed E-state index contributed by atoms with van der Waals surface area (Å²) in [7, 11) is 0. The molecule has 1 N–H and O–H groups in total. The largest absolute Gasteiger partial charge is 0.388 e. The van der Waals surface area contributed by atoms with E-state index in [1.54, 1.807) is 17.4 Å². The Morgan fingerprint density at radius 3 is 2.58 bits per heavy atom. The number of hydrogen-bond acceptors (Lipinski definition) is 5. The monoisotopic (exact) mass is 371 g/mol. The van der Waals surface area contributed by atoms with Crippen molar-refractivity contribution >= 4 is 11.3 Å². The Labute approximate surface area is 157 Å². The van der Waals surface area contributed by atoms with E-state index in [1.807, 2.05) is 6.07 Å². The standard InChI is InChI=1S/C20H25N3O2S/c24-19-8-7-18(14-3-4-14)21-23(19)13-20(25)10-15-5-6-16(11-20)22(15)12-17-2-1-9-26-17/h1-2,7-9,14-16,25H,3-6,10-13H2/t15-,16-/m0/s1. The summed E-state index contributed by atoms with van der Waals surface area (Å²) in [6.45, 7) is 1.31. The summed E-state index contributed by atoms with van der Waals surface area (Å²) in [6, 6.07) is 8.58. The van der Waals surface area contributed by atoms with Gasteiger partial charge < -0.3 is 5.11 Å². The molecule has 2 saturated heterocycles. The van der Waals surface area contributed by atoms with Crippen molar-refractivity contribution in [2.45, 2.75) is 75.2 Å². The fraction of sp³-hybridized carbons (Fsp3) is 0.600.